The van der Waals surface area contributed by atoms with E-state index in [0.29, 0.717) is 12.2 Å². The standard InChI is InChI=1S/C23H21N3O4S2/c1-16-8-10-20(11-9-16)32(28,29)25-24-14-19-12-18-13-21(23(27)30-2)26(22(18)31-19)15-17-6-4-3-5-7-17/h3-14,25H,15H2,1-2H3/b24-14-. The molecule has 32 heavy (non-hydrogen) atoms. The predicted molar refractivity (Wildman–Crippen MR) is 126 cm³/mol. The fourth-order valence-corrected chi connectivity index (χ4v) is 5.07. The number of fused-ring (bicyclic) bond motifs is 1. The summed E-state index contributed by atoms with van der Waals surface area (Å²) in [7, 11) is -2.39. The largest absolute Gasteiger partial charge is 0.464 e. The molecular weight excluding hydrogens is 446 g/mol. The number of hydrogen-bond acceptors (Lipinski definition) is 6. The minimum atomic E-state index is -3.74. The van der Waals surface area contributed by atoms with Crippen molar-refractivity contribution < 1.29 is 17.9 Å². The number of nitrogens with zero attached hydrogens (tertiary/aromatic N) is 2. The van der Waals surface area contributed by atoms with Gasteiger partial charge in [-0.25, -0.2) is 9.63 Å². The van der Waals surface area contributed by atoms with E-state index in [1.165, 1.54) is 36.8 Å². The van der Waals surface area contributed by atoms with Crippen LogP contribution in [0.1, 0.15) is 26.5 Å². The lowest BCUT2D eigenvalue weighted by molar-refractivity contribution is 0.0589. The van der Waals surface area contributed by atoms with Crippen molar-refractivity contribution in [3.05, 3.63) is 88.4 Å². The quantitative estimate of drug-likeness (QED) is 0.251. The van der Waals surface area contributed by atoms with Crippen LogP contribution in [0.2, 0.25) is 0 Å². The highest BCUT2D eigenvalue weighted by molar-refractivity contribution is 7.89. The third-order valence-electron chi connectivity index (χ3n) is 4.86. The van der Waals surface area contributed by atoms with E-state index in [0.717, 1.165) is 26.2 Å². The van der Waals surface area contributed by atoms with Gasteiger partial charge >= 0.3 is 5.97 Å². The fourth-order valence-electron chi connectivity index (χ4n) is 3.25. The van der Waals surface area contributed by atoms with E-state index in [1.807, 2.05) is 47.9 Å². The van der Waals surface area contributed by atoms with Gasteiger partial charge in [0.1, 0.15) is 10.5 Å². The van der Waals surface area contributed by atoms with Gasteiger partial charge in [0.25, 0.3) is 10.0 Å². The summed E-state index contributed by atoms with van der Waals surface area (Å²) in [6.07, 6.45) is 1.46. The average Bonchev–Trinajstić information content (AvgIpc) is 3.32. The summed E-state index contributed by atoms with van der Waals surface area (Å²) in [5.41, 5.74) is 2.48. The molecule has 9 heteroatoms. The Morgan fingerprint density at radius 1 is 1.12 bits per heavy atom. The number of methoxy groups -OCH3 is 1. The highest BCUT2D eigenvalue weighted by Gasteiger charge is 2.18. The molecule has 7 nitrogen and oxygen atoms in total. The Morgan fingerprint density at radius 2 is 1.84 bits per heavy atom. The molecule has 4 rings (SSSR count). The normalized spacial score (nSPS) is 11.8. The van der Waals surface area contributed by atoms with Gasteiger partial charge in [-0.3, -0.25) is 0 Å². The molecule has 0 aliphatic heterocycles. The SMILES string of the molecule is COC(=O)c1cc2cc(/C=N\NS(=O)(=O)c3ccc(C)cc3)sc2n1Cc1ccccc1. The molecule has 0 aliphatic carbocycles. The Morgan fingerprint density at radius 3 is 2.53 bits per heavy atom. The summed E-state index contributed by atoms with van der Waals surface area (Å²) in [4.78, 5) is 16.3. The van der Waals surface area contributed by atoms with Gasteiger partial charge in [0.2, 0.25) is 0 Å². The lowest BCUT2D eigenvalue weighted by Crippen LogP contribution is -2.18. The first kappa shape index (κ1) is 21.8. The molecule has 0 unspecified atom stereocenters. The summed E-state index contributed by atoms with van der Waals surface area (Å²) in [5.74, 6) is -0.412. The number of thiophene rings is 1. The van der Waals surface area contributed by atoms with Crippen LogP contribution in [0.3, 0.4) is 0 Å². The second kappa shape index (κ2) is 8.97. The van der Waals surface area contributed by atoms with Crippen molar-refractivity contribution in [1.29, 1.82) is 0 Å². The van der Waals surface area contributed by atoms with E-state index in [-0.39, 0.29) is 4.90 Å². The second-order valence-electron chi connectivity index (χ2n) is 7.17. The first-order chi connectivity index (χ1) is 15.4. The number of carbonyl (C=O) groups is 1. The maximum atomic E-state index is 12.4. The number of carbonyl (C=O) groups excluding carboxylic acids is 1. The van der Waals surface area contributed by atoms with Crippen LogP contribution in [0.25, 0.3) is 10.2 Å². The minimum absolute atomic E-state index is 0.147. The number of esters is 1. The molecule has 4 aromatic rings. The van der Waals surface area contributed by atoms with Gasteiger partial charge in [-0.2, -0.15) is 13.5 Å². The smallest absolute Gasteiger partial charge is 0.354 e. The summed E-state index contributed by atoms with van der Waals surface area (Å²) in [6.45, 7) is 2.39. The molecule has 2 aromatic carbocycles. The highest BCUT2D eigenvalue weighted by Crippen LogP contribution is 2.29. The van der Waals surface area contributed by atoms with Crippen molar-refractivity contribution in [3.8, 4) is 0 Å². The maximum Gasteiger partial charge on any atom is 0.354 e. The van der Waals surface area contributed by atoms with Gasteiger partial charge in [-0.1, -0.05) is 48.0 Å². The molecule has 2 heterocycles. The first-order valence-electron chi connectivity index (χ1n) is 9.74. The summed E-state index contributed by atoms with van der Waals surface area (Å²) < 4.78 is 31.6. The second-order valence-corrected chi connectivity index (χ2v) is 9.89. The number of ether oxygens (including phenoxy) is 1. The van der Waals surface area contributed by atoms with E-state index >= 15 is 0 Å². The molecule has 164 valence electrons. The van der Waals surface area contributed by atoms with E-state index < -0.39 is 16.0 Å². The Bertz CT molecular complexity index is 1390. The van der Waals surface area contributed by atoms with Crippen LogP contribution in [0.5, 0.6) is 0 Å². The third-order valence-corrected chi connectivity index (χ3v) is 7.21. The number of hydrazone groups is 1. The maximum absolute atomic E-state index is 12.4. The van der Waals surface area contributed by atoms with Gasteiger partial charge < -0.3 is 9.30 Å². The average molecular weight is 468 g/mol. The van der Waals surface area contributed by atoms with Gasteiger partial charge in [0.05, 0.1) is 18.2 Å². The summed E-state index contributed by atoms with van der Waals surface area (Å²) in [5, 5.41) is 4.78. The molecule has 0 fully saturated rings. The van der Waals surface area contributed by atoms with E-state index in [2.05, 4.69) is 9.93 Å². The van der Waals surface area contributed by atoms with E-state index in [4.69, 9.17) is 4.74 Å². The number of sulfonamides is 1. The number of aryl methyl sites for hydroxylation is 1. The van der Waals surface area contributed by atoms with Gasteiger partial charge in [-0.15, -0.1) is 11.3 Å². The van der Waals surface area contributed by atoms with E-state index in [9.17, 15) is 13.2 Å². The van der Waals surface area contributed by atoms with Gasteiger partial charge in [-0.05, 0) is 36.8 Å². The molecule has 0 spiro atoms. The molecule has 0 saturated heterocycles. The Hall–Kier alpha value is -3.43. The van der Waals surface area contributed by atoms with Crippen LogP contribution >= 0.6 is 11.3 Å². The fraction of sp³-hybridized carbons (Fsp3) is 0.130. The van der Waals surface area contributed by atoms with Crippen molar-refractivity contribution in [2.24, 2.45) is 5.10 Å². The molecule has 0 radical (unpaired) electrons. The van der Waals surface area contributed by atoms with Crippen molar-refractivity contribution in [2.75, 3.05) is 7.11 Å². The molecule has 0 atom stereocenters. The van der Waals surface area contributed by atoms with Crippen LogP contribution in [0.4, 0.5) is 0 Å². The molecule has 0 saturated carbocycles. The van der Waals surface area contributed by atoms with Crippen LogP contribution in [-0.4, -0.2) is 32.3 Å². The monoisotopic (exact) mass is 467 g/mol. The van der Waals surface area contributed by atoms with Gasteiger partial charge in [0, 0.05) is 16.8 Å². The zero-order valence-electron chi connectivity index (χ0n) is 17.5. The van der Waals surface area contributed by atoms with Gasteiger partial charge in [0.15, 0.2) is 0 Å². The van der Waals surface area contributed by atoms with Crippen molar-refractivity contribution >= 4 is 43.8 Å². The number of rotatable bonds is 7. The Kier molecular flexibility index (Phi) is 6.11. The highest BCUT2D eigenvalue weighted by atomic mass is 32.2. The Labute approximate surface area is 190 Å². The lowest BCUT2D eigenvalue weighted by Gasteiger charge is -2.08. The zero-order chi connectivity index (χ0) is 22.7. The van der Waals surface area contributed by atoms with Crippen molar-refractivity contribution in [2.45, 2.75) is 18.4 Å². The summed E-state index contributed by atoms with van der Waals surface area (Å²) >= 11 is 1.41. The third kappa shape index (κ3) is 4.58. The Balaban J connectivity index is 1.60. The predicted octanol–water partition coefficient (Wildman–Crippen LogP) is 4.16. The van der Waals surface area contributed by atoms with Crippen molar-refractivity contribution in [3.63, 3.8) is 0 Å². The number of nitrogens with one attached hydrogen (secondary N) is 1. The van der Waals surface area contributed by atoms with Crippen LogP contribution < -0.4 is 4.83 Å². The number of hydrogen-bond donors (Lipinski definition) is 1. The minimum Gasteiger partial charge on any atom is -0.464 e. The molecule has 2 aromatic heterocycles. The number of aromatic nitrogens is 1. The molecular formula is C23H21N3O4S2. The molecule has 0 aliphatic rings. The lowest BCUT2D eigenvalue weighted by atomic mass is 10.2. The van der Waals surface area contributed by atoms with E-state index in [1.54, 1.807) is 18.2 Å². The van der Waals surface area contributed by atoms with Crippen LogP contribution in [0, 0.1) is 6.92 Å². The number of benzene rings is 2. The molecule has 0 bridgehead atoms. The zero-order valence-corrected chi connectivity index (χ0v) is 19.1. The molecule has 1 N–H and O–H groups in total. The van der Waals surface area contributed by atoms with Crippen LogP contribution in [0.15, 0.2) is 76.7 Å². The van der Waals surface area contributed by atoms with Crippen molar-refractivity contribution in [1.82, 2.24) is 9.40 Å². The summed E-state index contributed by atoms with van der Waals surface area (Å²) in [6, 6.07) is 20.0. The first-order valence-corrected chi connectivity index (χ1v) is 12.0. The van der Waals surface area contributed by atoms with Crippen LogP contribution in [-0.2, 0) is 21.3 Å². The molecule has 0 amide bonds. The topological polar surface area (TPSA) is 89.8 Å².